The lowest BCUT2D eigenvalue weighted by Gasteiger charge is -2.44. The van der Waals surface area contributed by atoms with E-state index in [1.54, 1.807) is 0 Å². The molecule has 1 aromatic rings. The fraction of sp³-hybridized carbons (Fsp3) is 0.706. The van der Waals surface area contributed by atoms with Gasteiger partial charge in [0.15, 0.2) is 0 Å². The van der Waals surface area contributed by atoms with Gasteiger partial charge >= 0.3 is 0 Å². The fourth-order valence-corrected chi connectivity index (χ4v) is 3.78. The van der Waals surface area contributed by atoms with Crippen molar-refractivity contribution in [1.29, 1.82) is 0 Å². The maximum atomic E-state index is 10.6. The first-order valence-electron chi connectivity index (χ1n) is 7.93. The molecule has 1 spiro atoms. The van der Waals surface area contributed by atoms with E-state index < -0.39 is 6.10 Å². The summed E-state index contributed by atoms with van der Waals surface area (Å²) in [5.41, 5.74) is 2.00. The van der Waals surface area contributed by atoms with Crippen molar-refractivity contribution in [1.82, 2.24) is 4.98 Å². The normalized spacial score (nSPS) is 27.4. The zero-order valence-corrected chi connectivity index (χ0v) is 12.3. The third-order valence-corrected chi connectivity index (χ3v) is 4.98. The molecule has 3 heteroatoms. The Kier molecular flexibility index (Phi) is 4.08. The van der Waals surface area contributed by atoms with E-state index in [0.29, 0.717) is 0 Å². The molecule has 3 nitrogen and oxygen atoms in total. The zero-order chi connectivity index (χ0) is 14.0. The number of ether oxygens (including phenoxy) is 1. The van der Waals surface area contributed by atoms with Gasteiger partial charge in [-0.15, -0.1) is 0 Å². The molecule has 3 rings (SSSR count). The number of hydrogen-bond donors (Lipinski definition) is 1. The lowest BCUT2D eigenvalue weighted by molar-refractivity contribution is -0.134. The molecule has 0 radical (unpaired) electrons. The molecule has 20 heavy (non-hydrogen) atoms. The monoisotopic (exact) mass is 275 g/mol. The Morgan fingerprint density at radius 1 is 1.30 bits per heavy atom. The molecule has 2 heterocycles. The van der Waals surface area contributed by atoms with Gasteiger partial charge in [-0.3, -0.25) is 4.98 Å². The van der Waals surface area contributed by atoms with Crippen LogP contribution in [0.1, 0.15) is 62.3 Å². The maximum absolute atomic E-state index is 10.6. The zero-order valence-electron chi connectivity index (χ0n) is 12.3. The Balaban J connectivity index is 1.71. The van der Waals surface area contributed by atoms with Gasteiger partial charge in [0.1, 0.15) is 0 Å². The molecular weight excluding hydrogens is 250 g/mol. The molecule has 2 atom stereocenters. The second kappa shape index (κ2) is 5.82. The van der Waals surface area contributed by atoms with E-state index in [1.807, 2.05) is 25.3 Å². The quantitative estimate of drug-likeness (QED) is 0.897. The minimum absolute atomic E-state index is 0.0485. The molecule has 1 N–H and O–H groups in total. The van der Waals surface area contributed by atoms with Crippen LogP contribution in [0, 0.1) is 12.8 Å². The highest BCUT2D eigenvalue weighted by molar-refractivity contribution is 5.15. The first-order valence-corrected chi connectivity index (χ1v) is 7.93. The average molecular weight is 275 g/mol. The van der Waals surface area contributed by atoms with Crippen molar-refractivity contribution in [2.24, 2.45) is 5.92 Å². The highest BCUT2D eigenvalue weighted by atomic mass is 16.5. The second-order valence-electron chi connectivity index (χ2n) is 6.55. The molecule has 1 saturated carbocycles. The van der Waals surface area contributed by atoms with E-state index in [-0.39, 0.29) is 11.5 Å². The van der Waals surface area contributed by atoms with Crippen molar-refractivity contribution < 1.29 is 9.84 Å². The molecule has 1 aliphatic carbocycles. The van der Waals surface area contributed by atoms with E-state index in [4.69, 9.17) is 4.74 Å². The van der Waals surface area contributed by atoms with Crippen LogP contribution in [0.15, 0.2) is 18.3 Å². The summed E-state index contributed by atoms with van der Waals surface area (Å²) in [7, 11) is 0. The molecule has 2 unspecified atom stereocenters. The Labute approximate surface area is 121 Å². The summed E-state index contributed by atoms with van der Waals surface area (Å²) >= 11 is 0. The number of aryl methyl sites for hydroxylation is 1. The molecule has 0 bridgehead atoms. The van der Waals surface area contributed by atoms with Gasteiger partial charge in [-0.25, -0.2) is 0 Å². The van der Waals surface area contributed by atoms with E-state index >= 15 is 0 Å². The third kappa shape index (κ3) is 2.89. The molecule has 1 aliphatic heterocycles. The van der Waals surface area contributed by atoms with Gasteiger partial charge in [-0.1, -0.05) is 25.3 Å². The van der Waals surface area contributed by atoms with Gasteiger partial charge < -0.3 is 9.84 Å². The predicted octanol–water partition coefficient (Wildman–Crippen LogP) is 3.55. The fourth-order valence-electron chi connectivity index (χ4n) is 3.78. The summed E-state index contributed by atoms with van der Waals surface area (Å²) in [6.07, 6.45) is 9.53. The minimum Gasteiger partial charge on any atom is -0.387 e. The smallest absolute Gasteiger partial charge is 0.0989 e. The number of aromatic nitrogens is 1. The first-order chi connectivity index (χ1) is 9.69. The summed E-state index contributed by atoms with van der Waals surface area (Å²) in [4.78, 5) is 4.40. The van der Waals surface area contributed by atoms with Crippen LogP contribution < -0.4 is 0 Å². The molecule has 2 fully saturated rings. The molecular formula is C17H25NO2. The molecule has 0 aromatic carbocycles. The lowest BCUT2D eigenvalue weighted by atomic mass is 9.74. The van der Waals surface area contributed by atoms with E-state index in [2.05, 4.69) is 4.98 Å². The Morgan fingerprint density at radius 3 is 2.80 bits per heavy atom. The van der Waals surface area contributed by atoms with Crippen LogP contribution in [0.4, 0.5) is 0 Å². The number of nitrogens with zero attached hydrogens (tertiary/aromatic N) is 1. The third-order valence-electron chi connectivity index (χ3n) is 4.98. The number of pyridine rings is 1. The summed E-state index contributed by atoms with van der Waals surface area (Å²) in [5, 5.41) is 10.6. The Morgan fingerprint density at radius 2 is 2.10 bits per heavy atom. The Hall–Kier alpha value is -0.930. The van der Waals surface area contributed by atoms with Gasteiger partial charge in [0.2, 0.25) is 0 Å². The number of aliphatic hydroxyl groups excluding tert-OH is 1. The van der Waals surface area contributed by atoms with E-state index in [9.17, 15) is 5.11 Å². The van der Waals surface area contributed by atoms with Crippen LogP contribution >= 0.6 is 0 Å². The van der Waals surface area contributed by atoms with E-state index in [0.717, 1.165) is 43.5 Å². The number of rotatable bonds is 2. The van der Waals surface area contributed by atoms with Crippen molar-refractivity contribution >= 4 is 0 Å². The van der Waals surface area contributed by atoms with Crippen molar-refractivity contribution in [3.05, 3.63) is 29.6 Å². The molecule has 1 saturated heterocycles. The molecule has 0 amide bonds. The average Bonchev–Trinajstić information content (AvgIpc) is 2.48. The summed E-state index contributed by atoms with van der Waals surface area (Å²) in [6, 6.07) is 3.99. The number of aliphatic hydroxyl groups is 1. The minimum atomic E-state index is -0.446. The molecule has 110 valence electrons. The van der Waals surface area contributed by atoms with Gasteiger partial charge in [-0.2, -0.15) is 0 Å². The van der Waals surface area contributed by atoms with Crippen molar-refractivity contribution in [3.63, 3.8) is 0 Å². The molecule has 2 aliphatic rings. The predicted molar refractivity (Wildman–Crippen MR) is 78.4 cm³/mol. The number of hydrogen-bond acceptors (Lipinski definition) is 3. The Bertz CT molecular complexity index is 431. The topological polar surface area (TPSA) is 42.4 Å². The largest absolute Gasteiger partial charge is 0.387 e. The van der Waals surface area contributed by atoms with Crippen LogP contribution in [-0.4, -0.2) is 22.3 Å². The van der Waals surface area contributed by atoms with Crippen LogP contribution in [0.3, 0.4) is 0 Å². The second-order valence-corrected chi connectivity index (χ2v) is 6.55. The van der Waals surface area contributed by atoms with Crippen molar-refractivity contribution in [2.45, 2.75) is 63.6 Å². The summed E-state index contributed by atoms with van der Waals surface area (Å²) in [6.45, 7) is 2.81. The van der Waals surface area contributed by atoms with Gasteiger partial charge in [-0.05, 0) is 50.2 Å². The van der Waals surface area contributed by atoms with E-state index in [1.165, 1.54) is 19.3 Å². The summed E-state index contributed by atoms with van der Waals surface area (Å²) < 4.78 is 6.11. The molecule has 1 aromatic heterocycles. The maximum Gasteiger partial charge on any atom is 0.0989 e. The van der Waals surface area contributed by atoms with Crippen LogP contribution in [0.25, 0.3) is 0 Å². The van der Waals surface area contributed by atoms with Crippen LogP contribution in [0.2, 0.25) is 0 Å². The van der Waals surface area contributed by atoms with Crippen LogP contribution in [0.5, 0.6) is 0 Å². The highest BCUT2D eigenvalue weighted by Crippen LogP contribution is 2.43. The van der Waals surface area contributed by atoms with Gasteiger partial charge in [0, 0.05) is 12.8 Å². The summed E-state index contributed by atoms with van der Waals surface area (Å²) in [5.74, 6) is 0.289. The van der Waals surface area contributed by atoms with Gasteiger partial charge in [0.25, 0.3) is 0 Å². The lowest BCUT2D eigenvalue weighted by Crippen LogP contribution is -2.42. The van der Waals surface area contributed by atoms with Crippen molar-refractivity contribution in [2.75, 3.05) is 6.61 Å². The SMILES string of the molecule is Cc1ccc(C(O)C2CCOC3(CCCCC3)C2)nc1. The standard InChI is InChI=1S/C17H25NO2/c1-13-5-6-15(18-12-13)16(19)14-7-10-20-17(11-14)8-3-2-4-9-17/h5-6,12,14,16,19H,2-4,7-11H2,1H3. The van der Waals surface area contributed by atoms with Gasteiger partial charge in [0.05, 0.1) is 17.4 Å². The highest BCUT2D eigenvalue weighted by Gasteiger charge is 2.40. The first kappa shape index (κ1) is 14.0. The van der Waals surface area contributed by atoms with Crippen molar-refractivity contribution in [3.8, 4) is 0 Å². The van der Waals surface area contributed by atoms with Crippen LogP contribution in [-0.2, 0) is 4.74 Å².